The Morgan fingerprint density at radius 1 is 1.21 bits per heavy atom. The summed E-state index contributed by atoms with van der Waals surface area (Å²) in [7, 11) is 0. The van der Waals surface area contributed by atoms with Gasteiger partial charge in [-0.3, -0.25) is 4.79 Å². The van der Waals surface area contributed by atoms with Gasteiger partial charge >= 0.3 is 0 Å². The third-order valence-electron chi connectivity index (χ3n) is 4.53. The number of ether oxygens (including phenoxy) is 1. The van der Waals surface area contributed by atoms with Crippen LogP contribution >= 0.6 is 23.2 Å². The lowest BCUT2D eigenvalue weighted by Gasteiger charge is -2.11. The van der Waals surface area contributed by atoms with Gasteiger partial charge in [-0.1, -0.05) is 36.5 Å². The van der Waals surface area contributed by atoms with Crippen LogP contribution in [0.4, 0.5) is 0 Å². The Labute approximate surface area is 171 Å². The molecular formula is C20H18Cl2N4O2. The number of hydrogen-bond donors (Lipinski definition) is 1. The highest BCUT2D eigenvalue weighted by molar-refractivity contribution is 6.32. The van der Waals surface area contributed by atoms with Crippen LogP contribution in [-0.2, 0) is 0 Å². The Morgan fingerprint density at radius 3 is 2.82 bits per heavy atom. The molecule has 0 amide bonds. The molecule has 28 heavy (non-hydrogen) atoms. The smallest absolute Gasteiger partial charge is 0.259 e. The molecule has 3 heterocycles. The van der Waals surface area contributed by atoms with E-state index in [9.17, 15) is 4.79 Å². The van der Waals surface area contributed by atoms with Gasteiger partial charge in [0.15, 0.2) is 0 Å². The van der Waals surface area contributed by atoms with E-state index in [-0.39, 0.29) is 5.56 Å². The largest absolute Gasteiger partial charge is 0.494 e. The first-order chi connectivity index (χ1) is 13.5. The summed E-state index contributed by atoms with van der Waals surface area (Å²) >= 11 is 12.6. The maximum atomic E-state index is 12.6. The number of H-pyrrole nitrogens is 1. The molecule has 0 aliphatic rings. The summed E-state index contributed by atoms with van der Waals surface area (Å²) in [6.45, 7) is 4.51. The van der Waals surface area contributed by atoms with E-state index in [1.54, 1.807) is 29.8 Å². The maximum Gasteiger partial charge on any atom is 0.259 e. The van der Waals surface area contributed by atoms with Crippen LogP contribution in [0.3, 0.4) is 0 Å². The Kier molecular flexibility index (Phi) is 5.00. The minimum Gasteiger partial charge on any atom is -0.494 e. The number of halogens is 2. The molecule has 0 aliphatic carbocycles. The van der Waals surface area contributed by atoms with Crippen molar-refractivity contribution < 1.29 is 4.74 Å². The molecular weight excluding hydrogens is 399 g/mol. The Morgan fingerprint density at radius 2 is 2.04 bits per heavy atom. The first-order valence-electron chi connectivity index (χ1n) is 9.00. The van der Waals surface area contributed by atoms with Crippen LogP contribution in [0, 0.1) is 6.92 Å². The van der Waals surface area contributed by atoms with Crippen molar-refractivity contribution in [2.75, 3.05) is 6.61 Å². The van der Waals surface area contributed by atoms with Crippen LogP contribution in [-0.4, -0.2) is 26.4 Å². The second kappa shape index (κ2) is 7.45. The quantitative estimate of drug-likeness (QED) is 0.364. The van der Waals surface area contributed by atoms with Crippen molar-refractivity contribution in [2.45, 2.75) is 26.7 Å². The maximum absolute atomic E-state index is 12.6. The summed E-state index contributed by atoms with van der Waals surface area (Å²) in [5, 5.41) is 5.84. The van der Waals surface area contributed by atoms with Crippen LogP contribution in [0.15, 0.2) is 35.1 Å². The molecule has 0 radical (unpaired) electrons. The molecule has 4 rings (SSSR count). The highest BCUT2D eigenvalue weighted by Gasteiger charge is 2.19. The molecule has 0 aliphatic heterocycles. The van der Waals surface area contributed by atoms with Gasteiger partial charge in [-0.05, 0) is 37.6 Å². The molecule has 144 valence electrons. The predicted molar refractivity (Wildman–Crippen MR) is 112 cm³/mol. The van der Waals surface area contributed by atoms with Gasteiger partial charge in [0.25, 0.3) is 5.56 Å². The van der Waals surface area contributed by atoms with E-state index in [0.717, 1.165) is 12.8 Å². The van der Waals surface area contributed by atoms with Gasteiger partial charge in [0.1, 0.15) is 21.9 Å². The third kappa shape index (κ3) is 3.23. The van der Waals surface area contributed by atoms with Crippen molar-refractivity contribution in [3.63, 3.8) is 0 Å². The van der Waals surface area contributed by atoms with E-state index in [0.29, 0.717) is 55.8 Å². The zero-order valence-corrected chi connectivity index (χ0v) is 16.9. The molecule has 3 aromatic heterocycles. The van der Waals surface area contributed by atoms with Crippen molar-refractivity contribution in [3.05, 3.63) is 56.6 Å². The molecule has 0 unspecified atom stereocenters. The summed E-state index contributed by atoms with van der Waals surface area (Å²) in [5.74, 6) is 0.689. The van der Waals surface area contributed by atoms with Crippen LogP contribution in [0.5, 0.6) is 5.75 Å². The van der Waals surface area contributed by atoms with Gasteiger partial charge in [0.2, 0.25) is 0 Å². The summed E-state index contributed by atoms with van der Waals surface area (Å²) in [4.78, 5) is 19.9. The van der Waals surface area contributed by atoms with E-state index < -0.39 is 0 Å². The average molecular weight is 417 g/mol. The Balaban J connectivity index is 1.99. The second-order valence-corrected chi connectivity index (χ2v) is 7.31. The average Bonchev–Trinajstić information content (AvgIpc) is 3.02. The SMILES string of the molecule is CCCCOc1ccc(Cl)c(-n2nc(C)c3c(=O)[nH]c4ccc(Cl)nc4c32)c1. The number of unbranched alkanes of at least 4 members (excludes halogenated alkanes) is 1. The highest BCUT2D eigenvalue weighted by atomic mass is 35.5. The van der Waals surface area contributed by atoms with Crippen molar-refractivity contribution in [1.29, 1.82) is 0 Å². The molecule has 0 bridgehead atoms. The fourth-order valence-corrected chi connectivity index (χ4v) is 3.52. The van der Waals surface area contributed by atoms with E-state index in [4.69, 9.17) is 27.9 Å². The van der Waals surface area contributed by atoms with Crippen LogP contribution in [0.25, 0.3) is 27.6 Å². The fourth-order valence-electron chi connectivity index (χ4n) is 3.17. The van der Waals surface area contributed by atoms with Crippen LogP contribution < -0.4 is 10.3 Å². The number of aromatic amines is 1. The standard InChI is InChI=1S/C20H18Cl2N4O2/c1-3-4-9-28-12-5-6-13(21)15(10-12)26-19-17(11(2)25-26)20(27)23-14-7-8-16(22)24-18(14)19/h5-8,10H,3-4,9H2,1-2H3,(H,23,27). The van der Waals surface area contributed by atoms with Gasteiger partial charge in [-0.25, -0.2) is 9.67 Å². The minimum atomic E-state index is -0.234. The van der Waals surface area contributed by atoms with Crippen molar-refractivity contribution in [3.8, 4) is 11.4 Å². The number of hydrogen-bond acceptors (Lipinski definition) is 4. The van der Waals surface area contributed by atoms with Crippen molar-refractivity contribution in [2.24, 2.45) is 0 Å². The summed E-state index contributed by atoms with van der Waals surface area (Å²) in [6.07, 6.45) is 2.01. The van der Waals surface area contributed by atoms with Gasteiger partial charge in [0, 0.05) is 6.07 Å². The molecule has 0 spiro atoms. The summed E-state index contributed by atoms with van der Waals surface area (Å²) in [5.41, 5.74) is 2.65. The predicted octanol–water partition coefficient (Wildman–Crippen LogP) is 5.06. The first-order valence-corrected chi connectivity index (χ1v) is 9.75. The summed E-state index contributed by atoms with van der Waals surface area (Å²) in [6, 6.07) is 8.76. The number of fused-ring (bicyclic) bond motifs is 3. The number of benzene rings is 1. The molecule has 8 heteroatoms. The number of pyridine rings is 2. The Bertz CT molecular complexity index is 1250. The lowest BCUT2D eigenvalue weighted by Crippen LogP contribution is -2.08. The Hall–Kier alpha value is -2.57. The van der Waals surface area contributed by atoms with E-state index >= 15 is 0 Å². The second-order valence-electron chi connectivity index (χ2n) is 6.52. The van der Waals surface area contributed by atoms with Gasteiger partial charge in [-0.2, -0.15) is 5.10 Å². The van der Waals surface area contributed by atoms with E-state index in [1.165, 1.54) is 0 Å². The normalized spacial score (nSPS) is 11.4. The number of aryl methyl sites for hydroxylation is 1. The molecule has 6 nitrogen and oxygen atoms in total. The van der Waals surface area contributed by atoms with Gasteiger partial charge < -0.3 is 9.72 Å². The molecule has 4 aromatic rings. The highest BCUT2D eigenvalue weighted by Crippen LogP contribution is 2.31. The number of rotatable bonds is 5. The molecule has 1 N–H and O–H groups in total. The van der Waals surface area contributed by atoms with Crippen LogP contribution in [0.2, 0.25) is 10.2 Å². The molecule has 0 fully saturated rings. The van der Waals surface area contributed by atoms with Crippen molar-refractivity contribution in [1.82, 2.24) is 19.7 Å². The van der Waals surface area contributed by atoms with Crippen LogP contribution in [0.1, 0.15) is 25.5 Å². The lowest BCUT2D eigenvalue weighted by molar-refractivity contribution is 0.309. The minimum absolute atomic E-state index is 0.234. The zero-order valence-electron chi connectivity index (χ0n) is 15.4. The molecule has 0 atom stereocenters. The monoisotopic (exact) mass is 416 g/mol. The van der Waals surface area contributed by atoms with E-state index in [2.05, 4.69) is 22.0 Å². The number of aromatic nitrogens is 4. The lowest BCUT2D eigenvalue weighted by atomic mass is 10.2. The van der Waals surface area contributed by atoms with Gasteiger partial charge in [-0.15, -0.1) is 0 Å². The molecule has 1 aromatic carbocycles. The van der Waals surface area contributed by atoms with E-state index in [1.807, 2.05) is 12.1 Å². The molecule has 0 saturated heterocycles. The number of nitrogens with one attached hydrogen (secondary N) is 1. The number of nitrogens with zero attached hydrogens (tertiary/aromatic N) is 3. The zero-order chi connectivity index (χ0) is 19.8. The first kappa shape index (κ1) is 18.8. The van der Waals surface area contributed by atoms with Gasteiger partial charge in [0.05, 0.1) is 33.9 Å². The van der Waals surface area contributed by atoms with Crippen molar-refractivity contribution >= 4 is 45.1 Å². The topological polar surface area (TPSA) is 72.8 Å². The third-order valence-corrected chi connectivity index (χ3v) is 5.06. The summed E-state index contributed by atoms with van der Waals surface area (Å²) < 4.78 is 7.45. The molecule has 0 saturated carbocycles. The fraction of sp³-hybridized carbons (Fsp3) is 0.250.